The Bertz CT molecular complexity index is 1630. The maximum absolute atomic E-state index is 15.1. The predicted octanol–water partition coefficient (Wildman–Crippen LogP) is 4.36. The van der Waals surface area contributed by atoms with Crippen molar-refractivity contribution in [2.75, 3.05) is 13.7 Å². The molecule has 2 atom stereocenters. The summed E-state index contributed by atoms with van der Waals surface area (Å²) in [6.45, 7) is 1.91. The van der Waals surface area contributed by atoms with Crippen LogP contribution in [0.1, 0.15) is 41.8 Å². The van der Waals surface area contributed by atoms with Crippen LogP contribution in [0.5, 0.6) is 5.88 Å². The number of fused-ring (bicyclic) bond motifs is 1. The molecule has 3 aromatic heterocycles. The van der Waals surface area contributed by atoms with E-state index in [1.165, 1.54) is 17.7 Å². The third-order valence-corrected chi connectivity index (χ3v) is 6.98. The molecule has 1 aromatic carbocycles. The van der Waals surface area contributed by atoms with Crippen LogP contribution in [0.25, 0.3) is 16.7 Å². The van der Waals surface area contributed by atoms with Gasteiger partial charge in [-0.05, 0) is 55.5 Å². The van der Waals surface area contributed by atoms with Crippen LogP contribution in [0, 0.1) is 18.6 Å². The van der Waals surface area contributed by atoms with Crippen LogP contribution in [0.15, 0.2) is 46.1 Å². The van der Waals surface area contributed by atoms with Gasteiger partial charge in [-0.3, -0.25) is 18.7 Å². The molecule has 0 spiro atoms. The molecule has 8 nitrogen and oxygen atoms in total. The molecule has 1 saturated heterocycles. The lowest BCUT2D eigenvalue weighted by Crippen LogP contribution is -2.32. The van der Waals surface area contributed by atoms with E-state index in [2.05, 4.69) is 9.97 Å². The van der Waals surface area contributed by atoms with Crippen LogP contribution in [0.3, 0.4) is 0 Å². The summed E-state index contributed by atoms with van der Waals surface area (Å²) in [7, 11) is 3.06. The highest BCUT2D eigenvalue weighted by Crippen LogP contribution is 2.38. The number of methoxy groups -OCH3 is 1. The number of hydrogen-bond donors (Lipinski definition) is 0. The quantitative estimate of drug-likeness (QED) is 0.391. The zero-order chi connectivity index (χ0) is 26.4. The molecular weight excluding hydrogens is 506 g/mol. The normalized spacial score (nSPS) is 17.8. The Morgan fingerprint density at radius 1 is 1.14 bits per heavy atom. The number of aromatic nitrogens is 4. The summed E-state index contributed by atoms with van der Waals surface area (Å²) in [5.74, 6) is -1.73. The third kappa shape index (κ3) is 4.40. The van der Waals surface area contributed by atoms with Gasteiger partial charge in [0.1, 0.15) is 11.5 Å². The van der Waals surface area contributed by atoms with Gasteiger partial charge in [-0.25, -0.2) is 18.7 Å². The summed E-state index contributed by atoms with van der Waals surface area (Å²) >= 11 is 5.82. The molecule has 1 aliphatic rings. The monoisotopic (exact) mass is 528 g/mol. The minimum Gasteiger partial charge on any atom is -0.481 e. The van der Waals surface area contributed by atoms with Gasteiger partial charge in [0.25, 0.3) is 11.1 Å². The molecular formula is C26H23ClF2N4O4. The first kappa shape index (κ1) is 25.0. The van der Waals surface area contributed by atoms with Gasteiger partial charge in [0.05, 0.1) is 18.6 Å². The molecule has 1 aliphatic heterocycles. The number of pyridine rings is 2. The van der Waals surface area contributed by atoms with E-state index in [4.69, 9.17) is 21.1 Å². The summed E-state index contributed by atoms with van der Waals surface area (Å²) in [5.41, 5.74) is -0.791. The number of benzene rings is 1. The maximum atomic E-state index is 15.1. The largest absolute Gasteiger partial charge is 0.481 e. The van der Waals surface area contributed by atoms with Crippen molar-refractivity contribution in [3.05, 3.63) is 90.8 Å². The van der Waals surface area contributed by atoms with Crippen LogP contribution >= 0.6 is 11.6 Å². The number of ether oxygens (including phenoxy) is 2. The summed E-state index contributed by atoms with van der Waals surface area (Å²) in [6.07, 6.45) is 2.11. The first-order chi connectivity index (χ1) is 17.7. The third-order valence-electron chi connectivity index (χ3n) is 6.76. The molecule has 0 unspecified atom stereocenters. The van der Waals surface area contributed by atoms with Crippen molar-refractivity contribution < 1.29 is 18.3 Å². The number of rotatable bonds is 4. The van der Waals surface area contributed by atoms with Crippen molar-refractivity contribution in [1.82, 2.24) is 19.1 Å². The molecule has 11 heteroatoms. The van der Waals surface area contributed by atoms with Gasteiger partial charge in [-0.15, -0.1) is 0 Å². The summed E-state index contributed by atoms with van der Waals surface area (Å²) < 4.78 is 43.5. The van der Waals surface area contributed by atoms with Gasteiger partial charge < -0.3 is 9.47 Å². The van der Waals surface area contributed by atoms with E-state index in [-0.39, 0.29) is 39.5 Å². The minimum absolute atomic E-state index is 0.0741. The fraction of sp³-hybridized carbons (Fsp3) is 0.308. The maximum Gasteiger partial charge on any atom is 0.262 e. The molecule has 1 fully saturated rings. The van der Waals surface area contributed by atoms with Gasteiger partial charge >= 0.3 is 0 Å². The molecule has 0 bridgehead atoms. The minimum atomic E-state index is -1.04. The fourth-order valence-electron chi connectivity index (χ4n) is 4.75. The number of nitrogens with zero attached hydrogens (tertiary/aromatic N) is 4. The number of aryl methyl sites for hydroxylation is 1. The van der Waals surface area contributed by atoms with Crippen molar-refractivity contribution in [2.45, 2.75) is 31.8 Å². The van der Waals surface area contributed by atoms with Crippen molar-refractivity contribution in [1.29, 1.82) is 0 Å². The van der Waals surface area contributed by atoms with E-state index in [0.29, 0.717) is 25.3 Å². The Kier molecular flexibility index (Phi) is 6.55. The average Bonchev–Trinajstić information content (AvgIpc) is 2.88. The highest BCUT2D eigenvalue weighted by atomic mass is 35.5. The van der Waals surface area contributed by atoms with Crippen molar-refractivity contribution in [3.8, 4) is 11.6 Å². The smallest absolute Gasteiger partial charge is 0.262 e. The molecule has 37 heavy (non-hydrogen) atoms. The topological polar surface area (TPSA) is 88.2 Å². The van der Waals surface area contributed by atoms with Crippen LogP contribution in [-0.4, -0.2) is 32.8 Å². The summed E-state index contributed by atoms with van der Waals surface area (Å²) in [6, 6.07) is 6.89. The van der Waals surface area contributed by atoms with Gasteiger partial charge in [0, 0.05) is 36.5 Å². The molecule has 4 aromatic rings. The van der Waals surface area contributed by atoms with Gasteiger partial charge in [0.2, 0.25) is 5.88 Å². The number of halogens is 3. The molecule has 0 amide bonds. The molecule has 192 valence electrons. The standard InChI is InChI=1S/C26H23ClF2N4O4/c1-13-31-24-18(25(34)32(13)2)12-17(26(35)33(24)23-19(28)10-16(27)11-20(23)29)14-5-7-37-21(8-14)15-4-6-30-22(9-15)36-3/h4,6,9-12,14,21H,5,7-8H2,1-3H3/t14-,21+/m0/s1. The molecule has 5 rings (SSSR count). The lowest BCUT2D eigenvalue weighted by atomic mass is 9.86. The Morgan fingerprint density at radius 3 is 2.57 bits per heavy atom. The van der Waals surface area contributed by atoms with E-state index < -0.39 is 28.4 Å². The molecule has 4 heterocycles. The number of hydrogen-bond acceptors (Lipinski definition) is 6. The molecule has 0 N–H and O–H groups in total. The lowest BCUT2D eigenvalue weighted by molar-refractivity contribution is 0.00489. The summed E-state index contributed by atoms with van der Waals surface area (Å²) in [4.78, 5) is 35.6. The first-order valence-corrected chi connectivity index (χ1v) is 12.0. The van der Waals surface area contributed by atoms with Crippen LogP contribution in [0.4, 0.5) is 8.78 Å². The molecule has 0 aliphatic carbocycles. The average molecular weight is 529 g/mol. The first-order valence-electron chi connectivity index (χ1n) is 11.6. The van der Waals surface area contributed by atoms with Gasteiger partial charge in [-0.2, -0.15) is 0 Å². The second kappa shape index (κ2) is 9.68. The second-order valence-electron chi connectivity index (χ2n) is 8.93. The highest BCUT2D eigenvalue weighted by Gasteiger charge is 2.30. The molecule has 0 saturated carbocycles. The summed E-state index contributed by atoms with van der Waals surface area (Å²) in [5, 5.41) is -0.0857. The lowest BCUT2D eigenvalue weighted by Gasteiger charge is -2.30. The van der Waals surface area contributed by atoms with E-state index in [1.54, 1.807) is 32.3 Å². The Balaban J connectivity index is 1.73. The van der Waals surface area contributed by atoms with Gasteiger partial charge in [0.15, 0.2) is 17.3 Å². The Labute approximate surface area is 215 Å². The molecule has 0 radical (unpaired) electrons. The Morgan fingerprint density at radius 2 is 1.86 bits per heavy atom. The predicted molar refractivity (Wildman–Crippen MR) is 134 cm³/mol. The second-order valence-corrected chi connectivity index (χ2v) is 9.37. The van der Waals surface area contributed by atoms with E-state index in [1.807, 2.05) is 0 Å². The van der Waals surface area contributed by atoms with E-state index >= 15 is 8.78 Å². The zero-order valence-electron chi connectivity index (χ0n) is 20.3. The van der Waals surface area contributed by atoms with Gasteiger partial charge in [-0.1, -0.05) is 11.6 Å². The Hall–Kier alpha value is -3.63. The zero-order valence-corrected chi connectivity index (χ0v) is 21.1. The van der Waals surface area contributed by atoms with Crippen LogP contribution in [0.2, 0.25) is 5.02 Å². The fourth-order valence-corrected chi connectivity index (χ4v) is 4.94. The highest BCUT2D eigenvalue weighted by molar-refractivity contribution is 6.30. The van der Waals surface area contributed by atoms with E-state index in [0.717, 1.165) is 22.3 Å². The van der Waals surface area contributed by atoms with Crippen LogP contribution in [-0.2, 0) is 11.8 Å². The SMILES string of the molecule is COc1cc([C@H]2C[C@@H](c3cc4c(=O)n(C)c(C)nc4n(-c4c(F)cc(Cl)cc4F)c3=O)CCO2)ccn1. The van der Waals surface area contributed by atoms with Crippen LogP contribution < -0.4 is 15.9 Å². The van der Waals surface area contributed by atoms with E-state index in [9.17, 15) is 9.59 Å². The van der Waals surface area contributed by atoms with Crippen molar-refractivity contribution in [2.24, 2.45) is 7.05 Å². The van der Waals surface area contributed by atoms with Crippen molar-refractivity contribution >= 4 is 22.6 Å². The van der Waals surface area contributed by atoms with Crippen molar-refractivity contribution in [3.63, 3.8) is 0 Å².